The molecule has 9 heterocycles. The summed E-state index contributed by atoms with van der Waals surface area (Å²) in [6, 6.07) is 8.44. The molecule has 11 bridgehead atoms. The smallest absolute Gasteiger partial charge is 0.330 e. The lowest BCUT2D eigenvalue weighted by Crippen LogP contribution is -2.65. The molecule has 8 aliphatic rings. The van der Waals surface area contributed by atoms with Gasteiger partial charge in [0.25, 0.3) is 0 Å². The Morgan fingerprint density at radius 1 is 0.680 bits per heavy atom. The largest absolute Gasteiger partial charge is 0.508 e. The molecule has 7 aromatic rings. The van der Waals surface area contributed by atoms with Crippen molar-refractivity contribution in [2.45, 2.75) is 193 Å². The Morgan fingerprint density at radius 2 is 1.33 bits per heavy atom. The lowest BCUT2D eigenvalue weighted by Gasteiger charge is -2.46. The fraction of sp³-hybridized carbons (Fsp3) is 0.422. The Labute approximate surface area is 725 Å². The van der Waals surface area contributed by atoms with Crippen LogP contribution in [0.4, 0.5) is 4.39 Å². The van der Waals surface area contributed by atoms with Crippen LogP contribution in [0.25, 0.3) is 21.6 Å². The van der Waals surface area contributed by atoms with Gasteiger partial charge in [0.2, 0.25) is 53.4 Å². The fourth-order valence-corrected chi connectivity index (χ4v) is 17.0. The first-order valence-corrected chi connectivity index (χ1v) is 41.0. The standard InChI is InChI=1S/C83H93Cl2FN10O28S/c1-31(2)17-45(89-5)74(109)95-62-64(102)35-10-14-49(43(84)20-35)118-51-22-37-23-52(71(51)123-82-69(107)67(105)72(54(30-97)121-82)124-81-68(106)66(104)65(103)53(120-81)29-90-28-40-12-16-55(125-40)33-7-6-8-38(86)18-33)119-50-15-11-36(21-44(50)85)70(122-57-27-83(4,88)73(108)32(3)117-57)63-79(114)94-61(80(115)116)42-24-39(98)25-48(100)58(42)41-19-34(9-13-47(41)99)59(76(111)96-63)93-77(112)60(37)92-75(110)46(26-56(87)101)91-78(62)113/h6-16,18-25,31-32,45-46,53-54,57,59-70,72-73,81-82,89-90,97-100,102-108H,17,26-30,88H2,1-5H3,(H2,87,101)(H,91,113)(H,92,110)(H,93,112)(H,94,114)(H,95,109)(H,96,111)(H,115,116)/t32-,45+,46?,53+,54+,57?,59+,60+,61?,62?,63-,64+,65-,66-,67+,68+,69+,70+,72+,73-,81-,82-,83-/m0/s1. The molecule has 38 nitrogen and oxygen atoms in total. The number of halogens is 3. The Kier molecular flexibility index (Phi) is 28.3. The van der Waals surface area contributed by atoms with E-state index in [2.05, 4.69) is 42.5 Å². The summed E-state index contributed by atoms with van der Waals surface area (Å²) >= 11 is 15.8. The molecule has 15 rings (SSSR count). The van der Waals surface area contributed by atoms with Crippen molar-refractivity contribution < 1.29 is 142 Å². The minimum Gasteiger partial charge on any atom is -0.508 e. The summed E-state index contributed by atoms with van der Waals surface area (Å²) < 4.78 is 65.3. The second-order valence-electron chi connectivity index (χ2n) is 31.7. The normalized spacial score (nSPS) is 29.8. The van der Waals surface area contributed by atoms with E-state index in [-0.39, 0.29) is 43.0 Å². The van der Waals surface area contributed by atoms with E-state index in [4.69, 9.17) is 72.6 Å². The van der Waals surface area contributed by atoms with Gasteiger partial charge in [0.15, 0.2) is 30.1 Å². The maximum absolute atomic E-state index is 16.4. The summed E-state index contributed by atoms with van der Waals surface area (Å²) in [4.78, 5) is 122. The Hall–Kier alpha value is -10.6. The number of aliphatic hydroxyl groups is 8. The van der Waals surface area contributed by atoms with Gasteiger partial charge >= 0.3 is 5.97 Å². The molecule has 0 radical (unpaired) electrons. The van der Waals surface area contributed by atoms with Crippen LogP contribution >= 0.6 is 34.5 Å². The molecule has 42 heteroatoms. The minimum absolute atomic E-state index is 0.133. The molecule has 23 atom stereocenters. The average molecular weight is 1800 g/mol. The van der Waals surface area contributed by atoms with Crippen LogP contribution in [-0.2, 0) is 68.6 Å². The highest BCUT2D eigenvalue weighted by molar-refractivity contribution is 7.15. The van der Waals surface area contributed by atoms with Crippen LogP contribution in [0, 0.1) is 11.7 Å². The molecule has 125 heavy (non-hydrogen) atoms. The van der Waals surface area contributed by atoms with Gasteiger partial charge in [-0.25, -0.2) is 9.18 Å². The highest BCUT2D eigenvalue weighted by atomic mass is 35.5. The third-order valence-electron chi connectivity index (χ3n) is 22.1. The van der Waals surface area contributed by atoms with Gasteiger partial charge in [0, 0.05) is 57.6 Å². The molecule has 3 fully saturated rings. The van der Waals surface area contributed by atoms with Gasteiger partial charge in [-0.15, -0.1) is 11.3 Å². The number of aliphatic carboxylic acids is 1. The third-order valence-corrected chi connectivity index (χ3v) is 23.8. The van der Waals surface area contributed by atoms with Gasteiger partial charge in [-0.2, -0.15) is 0 Å². The van der Waals surface area contributed by atoms with Crippen LogP contribution in [0.2, 0.25) is 10.0 Å². The van der Waals surface area contributed by atoms with Crippen LogP contribution in [0.1, 0.15) is 110 Å². The van der Waals surface area contributed by atoms with E-state index in [0.29, 0.717) is 5.56 Å². The second-order valence-corrected chi connectivity index (χ2v) is 33.7. The van der Waals surface area contributed by atoms with E-state index < -0.39 is 290 Å². The summed E-state index contributed by atoms with van der Waals surface area (Å²) in [6.45, 7) is 5.36. The fourth-order valence-electron chi connectivity index (χ4n) is 15.6. The number of nitrogens with two attached hydrogens (primary N) is 2. The number of nitrogens with one attached hydrogen (secondary N) is 8. The number of carbonyl (C=O) groups is 8. The zero-order chi connectivity index (χ0) is 90.2. The number of rotatable bonds is 20. The monoisotopic (exact) mass is 1800 g/mol. The zero-order valence-electron chi connectivity index (χ0n) is 67.1. The number of fused-ring (bicyclic) bond motifs is 15. The number of carboxylic acid groups (broad SMARTS) is 1. The number of phenols is 3. The molecule has 0 saturated carbocycles. The summed E-state index contributed by atoms with van der Waals surface area (Å²) in [5.41, 5.74) is 8.58. The van der Waals surface area contributed by atoms with E-state index in [1.54, 1.807) is 38.1 Å². The van der Waals surface area contributed by atoms with Crippen LogP contribution in [-0.4, -0.2) is 238 Å². The van der Waals surface area contributed by atoms with Gasteiger partial charge in [0.1, 0.15) is 126 Å². The minimum atomic E-state index is -2.43. The maximum atomic E-state index is 16.4. The first-order chi connectivity index (χ1) is 59.3. The van der Waals surface area contributed by atoms with Crippen molar-refractivity contribution >= 4 is 81.9 Å². The molecule has 8 aliphatic heterocycles. The van der Waals surface area contributed by atoms with Crippen molar-refractivity contribution in [1.82, 2.24) is 42.5 Å². The van der Waals surface area contributed by atoms with E-state index in [0.717, 1.165) is 76.5 Å². The van der Waals surface area contributed by atoms with Gasteiger partial charge in [-0.05, 0) is 140 Å². The van der Waals surface area contributed by atoms with Crippen molar-refractivity contribution in [3.8, 4) is 67.6 Å². The molecule has 670 valence electrons. The number of carbonyl (C=O) groups excluding carboxylic acids is 7. The van der Waals surface area contributed by atoms with E-state index in [1.165, 1.54) is 56.5 Å². The first-order valence-electron chi connectivity index (χ1n) is 39.5. The van der Waals surface area contributed by atoms with Crippen LogP contribution in [0.3, 0.4) is 0 Å². The third kappa shape index (κ3) is 20.2. The molecule has 1 aromatic heterocycles. The number of hydrogen-bond acceptors (Lipinski definition) is 31. The molecule has 0 spiro atoms. The lowest BCUT2D eigenvalue weighted by atomic mass is 9.86. The van der Waals surface area contributed by atoms with Crippen molar-refractivity contribution in [3.05, 3.63) is 164 Å². The Bertz CT molecular complexity index is 5250. The van der Waals surface area contributed by atoms with Crippen molar-refractivity contribution in [3.63, 3.8) is 0 Å². The number of aliphatic hydroxyl groups excluding tert-OH is 8. The topological polar surface area (TPSA) is 601 Å². The average Bonchev–Trinajstić information content (AvgIpc) is 0.882. The highest BCUT2D eigenvalue weighted by Crippen LogP contribution is 2.51. The van der Waals surface area contributed by atoms with Gasteiger partial charge in [-0.3, -0.25) is 33.6 Å². The number of ether oxygens (including phenoxy) is 8. The number of amides is 7. The van der Waals surface area contributed by atoms with Gasteiger partial charge in [-0.1, -0.05) is 67.4 Å². The number of benzene rings is 6. The summed E-state index contributed by atoms with van der Waals surface area (Å²) in [7, 11) is 1.46. The second kappa shape index (κ2) is 38.3. The molecule has 24 N–H and O–H groups in total. The predicted molar refractivity (Wildman–Crippen MR) is 436 cm³/mol. The lowest BCUT2D eigenvalue weighted by molar-refractivity contribution is -0.350. The molecule has 3 saturated heterocycles. The van der Waals surface area contributed by atoms with E-state index in [1.807, 2.05) is 0 Å². The van der Waals surface area contributed by atoms with Crippen LogP contribution in [0.5, 0.6) is 46.0 Å². The van der Waals surface area contributed by atoms with Gasteiger partial charge < -0.3 is 153 Å². The number of aromatic hydroxyl groups is 3. The number of likely N-dealkylation sites (N-methyl/N-ethyl adjacent to an activating group) is 1. The Balaban J connectivity index is 0.968. The molecular weight excluding hydrogens is 1710 g/mol. The highest BCUT2D eigenvalue weighted by Gasteiger charge is 2.53. The number of carboxylic acids is 1. The van der Waals surface area contributed by atoms with E-state index >= 15 is 24.0 Å². The first kappa shape index (κ1) is 92.1. The summed E-state index contributed by atoms with van der Waals surface area (Å²) in [6.07, 6.45) is -29.3. The SMILES string of the molecule is CN[C@H](CC(C)C)C(=O)NC1C(=O)NC(CC(N)=O)C(=O)N[C@H]2C(=O)N[C@H]3C(=O)N[C@H](C(=O)NC(C(=O)O)c4cc(O)cc(O)c4-c4cc3ccc4O)[C@H](OC3C[C@](C)(N)[C@@H](O)[C@H](C)O3)c3ccc(c(Cl)c3)Oc3cc2cc(c3O[C@@H]2O[C@H](CO)[C@@H](O[C@@H]3O[C@H](CNCc4ccc(-c5cccc(F)c5)s4)[C@H](O)[C@H](O)[C@H]3O)[C@H](O)[C@H]2O)Oc2ccc(cc2Cl)[C@H]1O. The van der Waals surface area contributed by atoms with Crippen LogP contribution in [0.15, 0.2) is 115 Å². The quantitative estimate of drug-likeness (QED) is 0.0515. The Morgan fingerprint density at radius 3 is 1.98 bits per heavy atom. The van der Waals surface area contributed by atoms with Crippen LogP contribution < -0.4 is 68.2 Å². The number of hydrogen-bond donors (Lipinski definition) is 22. The number of primary amides is 1. The zero-order valence-corrected chi connectivity index (χ0v) is 69.4. The van der Waals surface area contributed by atoms with Gasteiger partial charge in [0.05, 0.1) is 41.3 Å². The van der Waals surface area contributed by atoms with E-state index in [9.17, 15) is 80.1 Å². The van der Waals surface area contributed by atoms with Crippen molar-refractivity contribution in [2.75, 3.05) is 20.2 Å². The maximum Gasteiger partial charge on any atom is 0.330 e. The van der Waals surface area contributed by atoms with Crippen molar-refractivity contribution in [2.24, 2.45) is 17.4 Å². The molecule has 4 unspecified atom stereocenters. The molecular formula is C83H93Cl2FN10O28S. The summed E-state index contributed by atoms with van der Waals surface area (Å²) in [5, 5.41) is 159. The number of thiophene rings is 1. The number of phenolic OH excluding ortho intramolecular Hbond substituents is 3. The molecule has 6 aromatic carbocycles. The van der Waals surface area contributed by atoms with Crippen molar-refractivity contribution in [1.29, 1.82) is 0 Å². The molecule has 7 amide bonds. The summed E-state index contributed by atoms with van der Waals surface area (Å²) in [5.74, 6) is -17.2. The molecule has 0 aliphatic carbocycles. The predicted octanol–water partition coefficient (Wildman–Crippen LogP) is 1.60.